The van der Waals surface area contributed by atoms with Crippen molar-refractivity contribution >= 4 is 38.7 Å². The third kappa shape index (κ3) is 2.54. The van der Waals surface area contributed by atoms with E-state index in [4.69, 9.17) is 0 Å². The van der Waals surface area contributed by atoms with Crippen LogP contribution in [0, 0.1) is 11.3 Å². The van der Waals surface area contributed by atoms with Gasteiger partial charge in [0.1, 0.15) is 11.6 Å². The van der Waals surface area contributed by atoms with Gasteiger partial charge in [-0.1, -0.05) is 15.9 Å². The van der Waals surface area contributed by atoms with Gasteiger partial charge in [-0.2, -0.15) is 5.26 Å². The maximum absolute atomic E-state index is 12.5. The summed E-state index contributed by atoms with van der Waals surface area (Å²) in [5.74, 6) is -0.295. The lowest BCUT2D eigenvalue weighted by Gasteiger charge is -1.98. The van der Waals surface area contributed by atoms with E-state index in [1.165, 1.54) is 0 Å². The van der Waals surface area contributed by atoms with Gasteiger partial charge < -0.3 is 9.97 Å². The number of carbonyl (C=O) groups is 1. The summed E-state index contributed by atoms with van der Waals surface area (Å²) in [4.78, 5) is 18.5. The lowest BCUT2D eigenvalue weighted by Crippen LogP contribution is -2.01. The van der Waals surface area contributed by atoms with Crippen LogP contribution in [0.4, 0.5) is 0 Å². The van der Waals surface area contributed by atoms with E-state index in [0.717, 1.165) is 21.1 Å². The van der Waals surface area contributed by atoms with Crippen LogP contribution in [0.5, 0.6) is 0 Å². The molecule has 0 saturated heterocycles. The van der Waals surface area contributed by atoms with Gasteiger partial charge >= 0.3 is 0 Å². The smallest absolute Gasteiger partial charge is 0.205 e. The standard InChI is InChI=1S/C16H10BrN3O/c17-11-3-4-15-13(7-11)14(9-20-15)16(21)10(8-18)6-12-2-1-5-19-12/h1-7,9,19-20H/b10-6+. The van der Waals surface area contributed by atoms with Crippen molar-refractivity contribution in [2.75, 3.05) is 0 Å². The van der Waals surface area contributed by atoms with Gasteiger partial charge in [-0.05, 0) is 36.4 Å². The van der Waals surface area contributed by atoms with E-state index < -0.39 is 0 Å². The molecular weight excluding hydrogens is 330 g/mol. The number of allylic oxidation sites excluding steroid dienone is 1. The quantitative estimate of drug-likeness (QED) is 0.429. The molecule has 21 heavy (non-hydrogen) atoms. The summed E-state index contributed by atoms with van der Waals surface area (Å²) in [5, 5.41) is 10.0. The van der Waals surface area contributed by atoms with Crippen molar-refractivity contribution in [1.82, 2.24) is 9.97 Å². The van der Waals surface area contributed by atoms with Crippen LogP contribution in [0.2, 0.25) is 0 Å². The Kier molecular flexibility index (Phi) is 3.46. The normalized spacial score (nSPS) is 11.5. The first-order valence-corrected chi connectivity index (χ1v) is 7.05. The van der Waals surface area contributed by atoms with Gasteiger partial charge in [-0.15, -0.1) is 0 Å². The molecule has 2 N–H and O–H groups in total. The number of hydrogen-bond acceptors (Lipinski definition) is 2. The molecule has 0 saturated carbocycles. The molecule has 4 nitrogen and oxygen atoms in total. The second-order valence-electron chi connectivity index (χ2n) is 4.52. The highest BCUT2D eigenvalue weighted by atomic mass is 79.9. The third-order valence-corrected chi connectivity index (χ3v) is 3.67. The predicted octanol–water partition coefficient (Wildman–Crippen LogP) is 4.05. The Hall–Kier alpha value is -2.58. The fourth-order valence-corrected chi connectivity index (χ4v) is 2.52. The van der Waals surface area contributed by atoms with E-state index in [1.807, 2.05) is 30.3 Å². The van der Waals surface area contributed by atoms with E-state index in [-0.39, 0.29) is 11.4 Å². The number of Topliss-reactive ketones (excluding diaryl/α,β-unsaturated/α-hetero) is 1. The molecule has 0 atom stereocenters. The number of aromatic nitrogens is 2. The number of halogens is 1. The van der Waals surface area contributed by atoms with E-state index >= 15 is 0 Å². The maximum Gasteiger partial charge on any atom is 0.205 e. The Balaban J connectivity index is 2.07. The number of nitrogens with one attached hydrogen (secondary N) is 2. The highest BCUT2D eigenvalue weighted by Gasteiger charge is 2.17. The fraction of sp³-hybridized carbons (Fsp3) is 0. The Bertz CT molecular complexity index is 882. The molecule has 0 radical (unpaired) electrons. The van der Waals surface area contributed by atoms with Crippen LogP contribution in [0.3, 0.4) is 0 Å². The van der Waals surface area contributed by atoms with Gasteiger partial charge in [-0.3, -0.25) is 4.79 Å². The number of rotatable bonds is 3. The van der Waals surface area contributed by atoms with Crippen LogP contribution in [-0.4, -0.2) is 15.8 Å². The Morgan fingerprint density at radius 2 is 2.14 bits per heavy atom. The van der Waals surface area contributed by atoms with E-state index in [9.17, 15) is 10.1 Å². The first-order chi connectivity index (χ1) is 10.2. The molecule has 0 bridgehead atoms. The number of hydrogen-bond donors (Lipinski definition) is 2. The average Bonchev–Trinajstić information content (AvgIpc) is 3.13. The number of aromatic amines is 2. The number of carbonyl (C=O) groups excluding carboxylic acids is 1. The van der Waals surface area contributed by atoms with Crippen molar-refractivity contribution < 1.29 is 4.79 Å². The van der Waals surface area contributed by atoms with Crippen LogP contribution >= 0.6 is 15.9 Å². The number of nitriles is 1. The largest absolute Gasteiger partial charge is 0.362 e. The summed E-state index contributed by atoms with van der Waals surface area (Å²) >= 11 is 3.39. The molecule has 0 aliphatic rings. The van der Waals surface area contributed by atoms with Gasteiger partial charge in [0.15, 0.2) is 0 Å². The lowest BCUT2D eigenvalue weighted by atomic mass is 10.0. The summed E-state index contributed by atoms with van der Waals surface area (Å²) in [6.07, 6.45) is 4.94. The third-order valence-electron chi connectivity index (χ3n) is 3.18. The monoisotopic (exact) mass is 339 g/mol. The van der Waals surface area contributed by atoms with Crippen LogP contribution in [-0.2, 0) is 0 Å². The number of nitrogens with zero attached hydrogens (tertiary/aromatic N) is 1. The maximum atomic E-state index is 12.5. The number of benzene rings is 1. The molecule has 3 rings (SSSR count). The Morgan fingerprint density at radius 1 is 1.29 bits per heavy atom. The van der Waals surface area contributed by atoms with Crippen LogP contribution in [0.1, 0.15) is 16.1 Å². The fourth-order valence-electron chi connectivity index (χ4n) is 2.16. The van der Waals surface area contributed by atoms with Crippen molar-refractivity contribution in [3.8, 4) is 6.07 Å². The minimum Gasteiger partial charge on any atom is -0.362 e. The summed E-state index contributed by atoms with van der Waals surface area (Å²) in [6.45, 7) is 0. The SMILES string of the molecule is N#C/C(=C\c1ccc[nH]1)C(=O)c1c[nH]c2ccc(Br)cc12. The lowest BCUT2D eigenvalue weighted by molar-refractivity contribution is 0.104. The van der Waals surface area contributed by atoms with Gasteiger partial charge in [0, 0.05) is 39.0 Å². The first kappa shape index (κ1) is 13.4. The van der Waals surface area contributed by atoms with E-state index in [2.05, 4.69) is 25.9 Å². The van der Waals surface area contributed by atoms with Crippen LogP contribution in [0.25, 0.3) is 17.0 Å². The molecular formula is C16H10BrN3O. The van der Waals surface area contributed by atoms with Gasteiger partial charge in [0.25, 0.3) is 0 Å². The summed E-state index contributed by atoms with van der Waals surface area (Å²) < 4.78 is 0.885. The predicted molar refractivity (Wildman–Crippen MR) is 84.7 cm³/mol. The first-order valence-electron chi connectivity index (χ1n) is 6.25. The van der Waals surface area contributed by atoms with Crippen LogP contribution in [0.15, 0.2) is 52.8 Å². The molecule has 0 unspecified atom stereocenters. The summed E-state index contributed by atoms with van der Waals surface area (Å²) in [6, 6.07) is 11.2. The number of H-pyrrole nitrogens is 2. The van der Waals surface area contributed by atoms with Crippen LogP contribution < -0.4 is 0 Å². The molecule has 3 aromatic rings. The zero-order valence-electron chi connectivity index (χ0n) is 10.9. The van der Waals surface area contributed by atoms with Crippen molar-refractivity contribution in [1.29, 1.82) is 5.26 Å². The van der Waals surface area contributed by atoms with E-state index in [1.54, 1.807) is 24.5 Å². The zero-order valence-corrected chi connectivity index (χ0v) is 12.4. The van der Waals surface area contributed by atoms with Crippen molar-refractivity contribution in [2.45, 2.75) is 0 Å². The Labute approximate surface area is 129 Å². The van der Waals surface area contributed by atoms with Crippen molar-refractivity contribution in [2.24, 2.45) is 0 Å². The van der Waals surface area contributed by atoms with Gasteiger partial charge in [-0.25, -0.2) is 0 Å². The molecule has 5 heteroatoms. The molecule has 0 aliphatic heterocycles. The molecule has 0 fully saturated rings. The second kappa shape index (κ2) is 5.43. The minimum absolute atomic E-state index is 0.0957. The molecule has 0 spiro atoms. The molecule has 0 aliphatic carbocycles. The number of fused-ring (bicyclic) bond motifs is 1. The molecule has 1 aromatic carbocycles. The second-order valence-corrected chi connectivity index (χ2v) is 5.43. The molecule has 0 amide bonds. The van der Waals surface area contributed by atoms with Gasteiger partial charge in [0.2, 0.25) is 5.78 Å². The minimum atomic E-state index is -0.295. The summed E-state index contributed by atoms with van der Waals surface area (Å²) in [5.41, 5.74) is 2.17. The highest BCUT2D eigenvalue weighted by molar-refractivity contribution is 9.10. The highest BCUT2D eigenvalue weighted by Crippen LogP contribution is 2.25. The zero-order chi connectivity index (χ0) is 14.8. The summed E-state index contributed by atoms with van der Waals surface area (Å²) in [7, 11) is 0. The van der Waals surface area contributed by atoms with Crippen molar-refractivity contribution in [3.63, 3.8) is 0 Å². The van der Waals surface area contributed by atoms with Crippen molar-refractivity contribution in [3.05, 3.63) is 64.0 Å². The topological polar surface area (TPSA) is 72.4 Å². The molecule has 102 valence electrons. The molecule has 2 aromatic heterocycles. The molecule has 2 heterocycles. The number of ketones is 1. The van der Waals surface area contributed by atoms with E-state index in [0.29, 0.717) is 5.56 Å². The van der Waals surface area contributed by atoms with Gasteiger partial charge in [0.05, 0.1) is 0 Å². The average molecular weight is 340 g/mol. The Morgan fingerprint density at radius 3 is 2.86 bits per heavy atom.